The molecule has 0 spiro atoms. The van der Waals surface area contributed by atoms with Gasteiger partial charge in [0, 0.05) is 20.0 Å². The Bertz CT molecular complexity index is 582. The van der Waals surface area contributed by atoms with E-state index in [9.17, 15) is 5.11 Å². The highest BCUT2D eigenvalue weighted by Gasteiger charge is 2.30. The van der Waals surface area contributed by atoms with Gasteiger partial charge in [-0.05, 0) is 27.9 Å². The van der Waals surface area contributed by atoms with E-state index in [1.165, 1.54) is 0 Å². The molecular weight excluding hydrogens is 318 g/mol. The maximum atomic E-state index is 10.9. The lowest BCUT2D eigenvalue weighted by atomic mass is 9.89. The fourth-order valence-electron chi connectivity index (χ4n) is 2.33. The summed E-state index contributed by atoms with van der Waals surface area (Å²) in [5, 5.41) is 15.3. The third kappa shape index (κ3) is 2.80. The first-order chi connectivity index (χ1) is 9.51. The van der Waals surface area contributed by atoms with E-state index in [-0.39, 0.29) is 6.54 Å². The average Bonchev–Trinajstić information content (AvgIpc) is 2.75. The van der Waals surface area contributed by atoms with Crippen molar-refractivity contribution in [3.63, 3.8) is 0 Å². The second kappa shape index (κ2) is 6.08. The predicted octanol–water partition coefficient (Wildman–Crippen LogP) is 2.13. The lowest BCUT2D eigenvalue weighted by Crippen LogP contribution is -2.37. The summed E-state index contributed by atoms with van der Waals surface area (Å²) in [6, 6.07) is 9.54. The van der Waals surface area contributed by atoms with Crippen molar-refractivity contribution in [1.82, 2.24) is 9.78 Å². The Labute approximate surface area is 127 Å². The van der Waals surface area contributed by atoms with Gasteiger partial charge in [0.05, 0.1) is 15.9 Å². The summed E-state index contributed by atoms with van der Waals surface area (Å²) in [4.78, 5) is 0. The molecule has 1 unspecified atom stereocenters. The minimum atomic E-state index is -1.08. The monoisotopic (exact) mass is 337 g/mol. The van der Waals surface area contributed by atoms with Crippen LogP contribution in [0.5, 0.6) is 0 Å². The average molecular weight is 338 g/mol. The number of benzene rings is 1. The minimum absolute atomic E-state index is 0.163. The summed E-state index contributed by atoms with van der Waals surface area (Å²) in [6.45, 7) is 2.22. The number of nitrogens with zero attached hydrogens (tertiary/aromatic N) is 2. The van der Waals surface area contributed by atoms with Crippen molar-refractivity contribution in [1.29, 1.82) is 0 Å². The molecule has 108 valence electrons. The molecule has 2 aromatic rings. The second-order valence-electron chi connectivity index (χ2n) is 4.96. The van der Waals surface area contributed by atoms with Crippen LogP contribution in [0.1, 0.15) is 23.9 Å². The van der Waals surface area contributed by atoms with Gasteiger partial charge < -0.3 is 10.8 Å². The molecule has 4 nitrogen and oxygen atoms in total. The molecule has 0 aliphatic rings. The summed E-state index contributed by atoms with van der Waals surface area (Å²) >= 11 is 3.58. The number of aliphatic hydroxyl groups is 1. The van der Waals surface area contributed by atoms with Crippen LogP contribution in [-0.4, -0.2) is 21.4 Å². The first kappa shape index (κ1) is 15.2. The number of hydrogen-bond donors (Lipinski definition) is 2. The van der Waals surface area contributed by atoms with Gasteiger partial charge in [-0.2, -0.15) is 5.10 Å². The third-order valence-corrected chi connectivity index (χ3v) is 4.53. The number of halogens is 1. The molecule has 1 aromatic carbocycles. The van der Waals surface area contributed by atoms with Gasteiger partial charge in [-0.25, -0.2) is 0 Å². The highest BCUT2D eigenvalue weighted by molar-refractivity contribution is 9.10. The minimum Gasteiger partial charge on any atom is -0.383 e. The Morgan fingerprint density at radius 2 is 2.00 bits per heavy atom. The van der Waals surface area contributed by atoms with Gasteiger partial charge in [0.1, 0.15) is 5.60 Å². The lowest BCUT2D eigenvalue weighted by molar-refractivity contribution is 0.0442. The number of aromatic nitrogens is 2. The van der Waals surface area contributed by atoms with Crippen molar-refractivity contribution in [3.05, 3.63) is 51.8 Å². The highest BCUT2D eigenvalue weighted by Crippen LogP contribution is 2.30. The summed E-state index contributed by atoms with van der Waals surface area (Å²) in [7, 11) is 1.89. The zero-order valence-electron chi connectivity index (χ0n) is 11.8. The molecule has 0 bridgehead atoms. The molecule has 1 heterocycles. The highest BCUT2D eigenvalue weighted by atomic mass is 79.9. The first-order valence-electron chi connectivity index (χ1n) is 6.70. The second-order valence-corrected chi connectivity index (χ2v) is 5.76. The van der Waals surface area contributed by atoms with Gasteiger partial charge in [0.25, 0.3) is 0 Å². The predicted molar refractivity (Wildman–Crippen MR) is 83.4 cm³/mol. The van der Waals surface area contributed by atoms with Gasteiger partial charge in [0.15, 0.2) is 0 Å². The van der Waals surface area contributed by atoms with Gasteiger partial charge in [-0.3, -0.25) is 4.68 Å². The van der Waals surface area contributed by atoms with Crippen molar-refractivity contribution in [2.75, 3.05) is 6.54 Å². The topological polar surface area (TPSA) is 64.1 Å². The number of hydrogen-bond acceptors (Lipinski definition) is 3. The fourth-order valence-corrected chi connectivity index (χ4v) is 3.09. The molecule has 5 heteroatoms. The molecule has 0 fully saturated rings. The van der Waals surface area contributed by atoms with Crippen molar-refractivity contribution in [2.24, 2.45) is 12.8 Å². The van der Waals surface area contributed by atoms with Gasteiger partial charge in [-0.15, -0.1) is 0 Å². The molecule has 1 aromatic heterocycles. The standard InChI is InChI=1S/C15H20BrN3O/c1-3-12-14(16)13(19(2)18-12)9-15(20,10-17)11-7-5-4-6-8-11/h4-8,20H,3,9-10,17H2,1-2H3. The molecule has 0 aliphatic carbocycles. The van der Waals surface area contributed by atoms with Crippen LogP contribution in [0.15, 0.2) is 34.8 Å². The molecule has 3 N–H and O–H groups in total. The quantitative estimate of drug-likeness (QED) is 0.878. The summed E-state index contributed by atoms with van der Waals surface area (Å²) in [5.74, 6) is 0. The maximum Gasteiger partial charge on any atom is 0.107 e. The maximum absolute atomic E-state index is 10.9. The number of nitrogens with two attached hydrogens (primary N) is 1. The largest absolute Gasteiger partial charge is 0.383 e. The number of rotatable bonds is 5. The Hall–Kier alpha value is -1.17. The van der Waals surface area contributed by atoms with Crippen LogP contribution >= 0.6 is 15.9 Å². The fraction of sp³-hybridized carbons (Fsp3) is 0.400. The third-order valence-electron chi connectivity index (χ3n) is 3.61. The van der Waals surface area contributed by atoms with E-state index in [1.807, 2.05) is 42.1 Å². The van der Waals surface area contributed by atoms with Crippen LogP contribution in [-0.2, 0) is 25.5 Å². The summed E-state index contributed by atoms with van der Waals surface area (Å²) in [5.41, 5.74) is 7.53. The Morgan fingerprint density at radius 3 is 2.50 bits per heavy atom. The lowest BCUT2D eigenvalue weighted by Gasteiger charge is -2.27. The van der Waals surface area contributed by atoms with Crippen molar-refractivity contribution in [2.45, 2.75) is 25.4 Å². The normalized spacial score (nSPS) is 14.2. The Kier molecular flexibility index (Phi) is 4.62. The van der Waals surface area contributed by atoms with Crippen LogP contribution in [0.25, 0.3) is 0 Å². The Morgan fingerprint density at radius 1 is 1.35 bits per heavy atom. The van der Waals surface area contributed by atoms with Gasteiger partial charge in [0.2, 0.25) is 0 Å². The van der Waals surface area contributed by atoms with Gasteiger partial charge >= 0.3 is 0 Å². The van der Waals surface area contributed by atoms with Crippen molar-refractivity contribution < 1.29 is 5.11 Å². The van der Waals surface area contributed by atoms with E-state index in [0.29, 0.717) is 6.42 Å². The summed E-state index contributed by atoms with van der Waals surface area (Å²) < 4.78 is 2.78. The zero-order valence-corrected chi connectivity index (χ0v) is 13.4. The van der Waals surface area contributed by atoms with Crippen LogP contribution in [0.2, 0.25) is 0 Å². The van der Waals surface area contributed by atoms with Crippen LogP contribution in [0.3, 0.4) is 0 Å². The van der Waals surface area contributed by atoms with E-state index in [1.54, 1.807) is 0 Å². The molecule has 0 aliphatic heterocycles. The van der Waals surface area contributed by atoms with Crippen molar-refractivity contribution in [3.8, 4) is 0 Å². The van der Waals surface area contributed by atoms with E-state index >= 15 is 0 Å². The van der Waals surface area contributed by atoms with Crippen molar-refractivity contribution >= 4 is 15.9 Å². The SMILES string of the molecule is CCc1nn(C)c(CC(O)(CN)c2ccccc2)c1Br. The Balaban J connectivity index is 2.38. The molecule has 0 saturated carbocycles. The van der Waals surface area contributed by atoms with Crippen LogP contribution in [0.4, 0.5) is 0 Å². The zero-order chi connectivity index (χ0) is 14.8. The van der Waals surface area contributed by atoms with Crippen LogP contribution < -0.4 is 5.73 Å². The molecule has 0 saturated heterocycles. The van der Waals surface area contributed by atoms with Gasteiger partial charge in [-0.1, -0.05) is 37.3 Å². The molecular formula is C15H20BrN3O. The number of aryl methyl sites for hydroxylation is 2. The van der Waals surface area contributed by atoms with E-state index in [2.05, 4.69) is 28.0 Å². The molecule has 2 rings (SSSR count). The van der Waals surface area contributed by atoms with E-state index in [0.717, 1.165) is 27.8 Å². The smallest absolute Gasteiger partial charge is 0.107 e. The molecule has 20 heavy (non-hydrogen) atoms. The van der Waals surface area contributed by atoms with E-state index in [4.69, 9.17) is 5.73 Å². The van der Waals surface area contributed by atoms with Crippen LogP contribution in [0, 0.1) is 0 Å². The summed E-state index contributed by atoms with van der Waals surface area (Å²) in [6.07, 6.45) is 1.28. The van der Waals surface area contributed by atoms with E-state index < -0.39 is 5.60 Å². The first-order valence-corrected chi connectivity index (χ1v) is 7.49. The molecule has 0 amide bonds. The molecule has 1 atom stereocenters. The molecule has 0 radical (unpaired) electrons.